The number of methoxy groups -OCH3 is 1. The predicted molar refractivity (Wildman–Crippen MR) is 83.3 cm³/mol. The zero-order valence-corrected chi connectivity index (χ0v) is 13.2. The van der Waals surface area contributed by atoms with Gasteiger partial charge < -0.3 is 14.8 Å². The quantitative estimate of drug-likeness (QED) is 0.712. The summed E-state index contributed by atoms with van der Waals surface area (Å²) in [5.41, 5.74) is 1.27. The molecule has 4 heteroatoms. The summed E-state index contributed by atoms with van der Waals surface area (Å²) in [4.78, 5) is 2.36. The topological polar surface area (TPSA) is 33.7 Å². The molecule has 0 heterocycles. The van der Waals surface area contributed by atoms with E-state index in [1.54, 1.807) is 7.11 Å². The number of nitrogens with zero attached hydrogens (tertiary/aromatic N) is 1. The molecule has 1 rings (SSSR count). The van der Waals surface area contributed by atoms with Gasteiger partial charge >= 0.3 is 0 Å². The molecule has 0 aromatic heterocycles. The van der Waals surface area contributed by atoms with Crippen LogP contribution < -0.4 is 10.1 Å². The van der Waals surface area contributed by atoms with Crippen molar-refractivity contribution < 1.29 is 9.47 Å². The van der Waals surface area contributed by atoms with Crippen LogP contribution in [0.25, 0.3) is 0 Å². The summed E-state index contributed by atoms with van der Waals surface area (Å²) in [5, 5.41) is 3.13. The molecule has 4 nitrogen and oxygen atoms in total. The van der Waals surface area contributed by atoms with Crippen LogP contribution in [-0.2, 0) is 11.3 Å². The fourth-order valence-corrected chi connectivity index (χ4v) is 2.23. The van der Waals surface area contributed by atoms with Gasteiger partial charge in [-0.15, -0.1) is 0 Å². The smallest absolute Gasteiger partial charge is 0.119 e. The molecule has 0 saturated heterocycles. The standard InChI is InChI=1S/C16H28N2O2/c1-5-18(14(2)13-19-4)10-11-20-16-8-6-15(7-9-16)12-17-3/h6-9,14,17H,5,10-13H2,1-4H3. The third-order valence-electron chi connectivity index (χ3n) is 3.39. The molecule has 1 aromatic carbocycles. The van der Waals surface area contributed by atoms with Gasteiger partial charge in [0, 0.05) is 26.2 Å². The van der Waals surface area contributed by atoms with Gasteiger partial charge in [-0.2, -0.15) is 0 Å². The normalized spacial score (nSPS) is 12.7. The van der Waals surface area contributed by atoms with Crippen molar-refractivity contribution in [2.24, 2.45) is 0 Å². The highest BCUT2D eigenvalue weighted by Gasteiger charge is 2.11. The summed E-state index contributed by atoms with van der Waals surface area (Å²) in [5.74, 6) is 0.931. The Balaban J connectivity index is 2.35. The molecule has 0 amide bonds. The molecule has 1 aromatic rings. The monoisotopic (exact) mass is 280 g/mol. The van der Waals surface area contributed by atoms with Crippen molar-refractivity contribution in [1.82, 2.24) is 10.2 Å². The van der Waals surface area contributed by atoms with Crippen LogP contribution in [0.1, 0.15) is 19.4 Å². The minimum Gasteiger partial charge on any atom is -0.492 e. The van der Waals surface area contributed by atoms with Gasteiger partial charge in [0.05, 0.1) is 6.61 Å². The number of benzene rings is 1. The van der Waals surface area contributed by atoms with E-state index in [-0.39, 0.29) is 0 Å². The summed E-state index contributed by atoms with van der Waals surface area (Å²) in [6.45, 7) is 8.62. The fraction of sp³-hybridized carbons (Fsp3) is 0.625. The van der Waals surface area contributed by atoms with Crippen LogP contribution in [0.4, 0.5) is 0 Å². The summed E-state index contributed by atoms with van der Waals surface area (Å²) < 4.78 is 11.0. The van der Waals surface area contributed by atoms with Crippen LogP contribution in [0.5, 0.6) is 5.75 Å². The first-order chi connectivity index (χ1) is 9.71. The van der Waals surface area contributed by atoms with E-state index in [0.29, 0.717) is 12.6 Å². The van der Waals surface area contributed by atoms with Gasteiger partial charge in [-0.3, -0.25) is 4.90 Å². The Labute approximate surface area is 123 Å². The van der Waals surface area contributed by atoms with E-state index in [0.717, 1.165) is 32.0 Å². The second-order valence-electron chi connectivity index (χ2n) is 4.96. The molecule has 20 heavy (non-hydrogen) atoms. The summed E-state index contributed by atoms with van der Waals surface area (Å²) in [7, 11) is 3.69. The maximum absolute atomic E-state index is 5.80. The van der Waals surface area contributed by atoms with Crippen molar-refractivity contribution in [2.75, 3.05) is 40.5 Å². The first-order valence-corrected chi connectivity index (χ1v) is 7.30. The molecule has 0 aliphatic heterocycles. The number of hydrogen-bond acceptors (Lipinski definition) is 4. The Morgan fingerprint density at radius 1 is 1.25 bits per heavy atom. The molecule has 0 saturated carbocycles. The largest absolute Gasteiger partial charge is 0.492 e. The highest BCUT2D eigenvalue weighted by molar-refractivity contribution is 5.27. The molecule has 0 spiro atoms. The van der Waals surface area contributed by atoms with Crippen LogP contribution in [0.2, 0.25) is 0 Å². The SMILES string of the molecule is CCN(CCOc1ccc(CNC)cc1)C(C)COC. The Bertz CT molecular complexity index is 354. The van der Waals surface area contributed by atoms with Crippen LogP contribution >= 0.6 is 0 Å². The maximum Gasteiger partial charge on any atom is 0.119 e. The van der Waals surface area contributed by atoms with Crippen molar-refractivity contribution in [3.05, 3.63) is 29.8 Å². The van der Waals surface area contributed by atoms with E-state index in [2.05, 4.69) is 36.2 Å². The van der Waals surface area contributed by atoms with E-state index in [9.17, 15) is 0 Å². The molecular formula is C16H28N2O2. The highest BCUT2D eigenvalue weighted by atomic mass is 16.5. The zero-order valence-electron chi connectivity index (χ0n) is 13.2. The minimum atomic E-state index is 0.423. The lowest BCUT2D eigenvalue weighted by molar-refractivity contribution is 0.0920. The molecule has 0 fully saturated rings. The Hall–Kier alpha value is -1.10. The van der Waals surface area contributed by atoms with Crippen LogP contribution in [0.3, 0.4) is 0 Å². The van der Waals surface area contributed by atoms with Gasteiger partial charge in [-0.25, -0.2) is 0 Å². The summed E-state index contributed by atoms with van der Waals surface area (Å²) in [6, 6.07) is 8.67. The lowest BCUT2D eigenvalue weighted by Gasteiger charge is -2.27. The van der Waals surface area contributed by atoms with Gasteiger partial charge in [-0.05, 0) is 38.2 Å². The van der Waals surface area contributed by atoms with E-state index >= 15 is 0 Å². The molecule has 0 aliphatic carbocycles. The third kappa shape index (κ3) is 5.90. The molecule has 1 atom stereocenters. The second kappa shape index (κ2) is 9.75. The Morgan fingerprint density at radius 3 is 2.50 bits per heavy atom. The lowest BCUT2D eigenvalue weighted by Crippen LogP contribution is -2.38. The van der Waals surface area contributed by atoms with E-state index < -0.39 is 0 Å². The van der Waals surface area contributed by atoms with E-state index in [4.69, 9.17) is 9.47 Å². The molecule has 0 aliphatic rings. The van der Waals surface area contributed by atoms with Crippen molar-refractivity contribution >= 4 is 0 Å². The molecule has 0 bridgehead atoms. The Kier molecular flexibility index (Phi) is 8.26. The highest BCUT2D eigenvalue weighted by Crippen LogP contribution is 2.12. The van der Waals surface area contributed by atoms with E-state index in [1.807, 2.05) is 19.2 Å². The van der Waals surface area contributed by atoms with Crippen LogP contribution in [-0.4, -0.2) is 51.4 Å². The number of ether oxygens (including phenoxy) is 2. The first-order valence-electron chi connectivity index (χ1n) is 7.30. The Morgan fingerprint density at radius 2 is 1.95 bits per heavy atom. The van der Waals surface area contributed by atoms with Crippen molar-refractivity contribution in [1.29, 1.82) is 0 Å². The molecule has 1 N–H and O–H groups in total. The first kappa shape index (κ1) is 17.0. The van der Waals surface area contributed by atoms with Gasteiger partial charge in [-0.1, -0.05) is 19.1 Å². The van der Waals surface area contributed by atoms with Crippen LogP contribution in [0.15, 0.2) is 24.3 Å². The van der Waals surface area contributed by atoms with Crippen LogP contribution in [0, 0.1) is 0 Å². The van der Waals surface area contributed by atoms with Crippen molar-refractivity contribution in [3.63, 3.8) is 0 Å². The summed E-state index contributed by atoms with van der Waals surface area (Å²) in [6.07, 6.45) is 0. The lowest BCUT2D eigenvalue weighted by atomic mass is 10.2. The fourth-order valence-electron chi connectivity index (χ4n) is 2.23. The predicted octanol–water partition coefficient (Wildman–Crippen LogP) is 2.14. The molecular weight excluding hydrogens is 252 g/mol. The number of rotatable bonds is 10. The number of nitrogens with one attached hydrogen (secondary N) is 1. The second-order valence-corrected chi connectivity index (χ2v) is 4.96. The van der Waals surface area contributed by atoms with E-state index in [1.165, 1.54) is 5.56 Å². The molecule has 1 unspecified atom stereocenters. The maximum atomic E-state index is 5.80. The van der Waals surface area contributed by atoms with Gasteiger partial charge in [0.2, 0.25) is 0 Å². The number of hydrogen-bond donors (Lipinski definition) is 1. The average molecular weight is 280 g/mol. The third-order valence-corrected chi connectivity index (χ3v) is 3.39. The minimum absolute atomic E-state index is 0.423. The average Bonchev–Trinajstić information content (AvgIpc) is 2.46. The molecule has 0 radical (unpaired) electrons. The zero-order chi connectivity index (χ0) is 14.8. The molecule has 114 valence electrons. The van der Waals surface area contributed by atoms with Crippen molar-refractivity contribution in [3.8, 4) is 5.75 Å². The van der Waals surface area contributed by atoms with Gasteiger partial charge in [0.15, 0.2) is 0 Å². The number of likely N-dealkylation sites (N-methyl/N-ethyl adjacent to an activating group) is 1. The van der Waals surface area contributed by atoms with Gasteiger partial charge in [0.1, 0.15) is 12.4 Å². The van der Waals surface area contributed by atoms with Crippen molar-refractivity contribution in [2.45, 2.75) is 26.4 Å². The summed E-state index contributed by atoms with van der Waals surface area (Å²) >= 11 is 0. The van der Waals surface area contributed by atoms with Gasteiger partial charge in [0.25, 0.3) is 0 Å².